The van der Waals surface area contributed by atoms with E-state index in [0.29, 0.717) is 16.8 Å². The fraction of sp³-hybridized carbons (Fsp3) is 0.148. The van der Waals surface area contributed by atoms with Gasteiger partial charge in [-0.15, -0.1) is 0 Å². The Morgan fingerprint density at radius 2 is 1.76 bits per heavy atom. The number of hydrogen-bond donors (Lipinski definition) is 1. The predicted octanol–water partition coefficient (Wildman–Crippen LogP) is 4.72. The molecular weight excluding hydrogens is 489 g/mol. The highest BCUT2D eigenvalue weighted by molar-refractivity contribution is 5.95. The van der Waals surface area contributed by atoms with E-state index in [1.807, 2.05) is 0 Å². The monoisotopic (exact) mass is 510 g/mol. The molecule has 4 rings (SSSR count). The van der Waals surface area contributed by atoms with Crippen LogP contribution >= 0.6 is 0 Å². The third-order valence-corrected chi connectivity index (χ3v) is 5.70. The summed E-state index contributed by atoms with van der Waals surface area (Å²) in [5.74, 6) is -0.681. The lowest BCUT2D eigenvalue weighted by Gasteiger charge is -2.18. The Morgan fingerprint density at radius 3 is 2.41 bits per heavy atom. The number of benzene rings is 2. The van der Waals surface area contributed by atoms with E-state index in [9.17, 15) is 27.6 Å². The summed E-state index contributed by atoms with van der Waals surface area (Å²) in [5, 5.41) is 2.53. The lowest BCUT2D eigenvalue weighted by atomic mass is 10.0. The number of carbonyl (C=O) groups is 1. The summed E-state index contributed by atoms with van der Waals surface area (Å²) in [6, 6.07) is 15.7. The molecule has 0 unspecified atom stereocenters. The molecule has 2 aromatic carbocycles. The van der Waals surface area contributed by atoms with Crippen molar-refractivity contribution in [3.63, 3.8) is 0 Å². The first kappa shape index (κ1) is 25.5. The Hall–Kier alpha value is -4.60. The summed E-state index contributed by atoms with van der Waals surface area (Å²) < 4.78 is 51.4. The molecule has 0 aliphatic heterocycles. The number of carbonyl (C=O) groups excluding carboxylic acids is 1. The summed E-state index contributed by atoms with van der Waals surface area (Å²) in [7, 11) is 1.31. The van der Waals surface area contributed by atoms with Gasteiger partial charge in [0.05, 0.1) is 19.2 Å². The average Bonchev–Trinajstić information content (AvgIpc) is 2.88. The molecule has 0 spiro atoms. The van der Waals surface area contributed by atoms with Crippen LogP contribution in [-0.4, -0.2) is 17.6 Å². The maximum absolute atomic E-state index is 13.5. The van der Waals surface area contributed by atoms with Crippen molar-refractivity contribution in [3.8, 4) is 22.6 Å². The SMILES string of the molecule is COc1coc(CNC(=O)c2cc(-c3ccccc3)c(C)n(-c3cccc(C(F)(F)F)c3)c2=O)cc1=O. The van der Waals surface area contributed by atoms with E-state index in [4.69, 9.17) is 9.15 Å². The molecule has 2 heterocycles. The van der Waals surface area contributed by atoms with Crippen molar-refractivity contribution in [1.29, 1.82) is 0 Å². The van der Waals surface area contributed by atoms with Crippen LogP contribution in [0.1, 0.15) is 27.4 Å². The predicted molar refractivity (Wildman–Crippen MR) is 130 cm³/mol. The number of nitrogens with zero attached hydrogens (tertiary/aromatic N) is 1. The second-order valence-corrected chi connectivity index (χ2v) is 8.07. The number of pyridine rings is 1. The van der Waals surface area contributed by atoms with Gasteiger partial charge in [-0.2, -0.15) is 13.2 Å². The number of rotatable bonds is 6. The topological polar surface area (TPSA) is 90.5 Å². The Balaban J connectivity index is 1.81. The van der Waals surface area contributed by atoms with Crippen LogP contribution in [0.2, 0.25) is 0 Å². The molecule has 4 aromatic rings. The summed E-state index contributed by atoms with van der Waals surface area (Å²) >= 11 is 0. The number of halogens is 3. The van der Waals surface area contributed by atoms with Crippen LogP contribution in [-0.2, 0) is 12.7 Å². The lowest BCUT2D eigenvalue weighted by molar-refractivity contribution is -0.137. The van der Waals surface area contributed by atoms with Crippen LogP contribution in [0.3, 0.4) is 0 Å². The molecule has 1 N–H and O–H groups in total. The second-order valence-electron chi connectivity index (χ2n) is 8.07. The van der Waals surface area contributed by atoms with E-state index in [0.717, 1.165) is 29.0 Å². The van der Waals surface area contributed by atoms with Crippen molar-refractivity contribution in [2.24, 2.45) is 0 Å². The number of aromatic nitrogens is 1. The molecule has 10 heteroatoms. The first-order chi connectivity index (χ1) is 17.6. The van der Waals surface area contributed by atoms with Crippen LogP contribution in [0.15, 0.2) is 87.0 Å². The molecular formula is C27H21F3N2O5. The largest absolute Gasteiger partial charge is 0.490 e. The highest BCUT2D eigenvalue weighted by atomic mass is 19.4. The fourth-order valence-corrected chi connectivity index (χ4v) is 3.85. The van der Waals surface area contributed by atoms with E-state index in [-0.39, 0.29) is 29.3 Å². The molecule has 2 aromatic heterocycles. The molecule has 0 saturated carbocycles. The fourth-order valence-electron chi connectivity index (χ4n) is 3.85. The van der Waals surface area contributed by atoms with Gasteiger partial charge in [0.15, 0.2) is 0 Å². The average molecular weight is 510 g/mol. The third-order valence-electron chi connectivity index (χ3n) is 5.70. The van der Waals surface area contributed by atoms with Crippen molar-refractivity contribution >= 4 is 5.91 Å². The first-order valence-electron chi connectivity index (χ1n) is 11.0. The van der Waals surface area contributed by atoms with Gasteiger partial charge in [0.25, 0.3) is 11.5 Å². The van der Waals surface area contributed by atoms with Gasteiger partial charge in [-0.05, 0) is 36.8 Å². The zero-order valence-electron chi connectivity index (χ0n) is 19.8. The first-order valence-corrected chi connectivity index (χ1v) is 11.0. The van der Waals surface area contributed by atoms with E-state index >= 15 is 0 Å². The number of nitrogens with one attached hydrogen (secondary N) is 1. The zero-order valence-corrected chi connectivity index (χ0v) is 19.8. The molecule has 190 valence electrons. The minimum absolute atomic E-state index is 0.00918. The minimum atomic E-state index is -4.62. The van der Waals surface area contributed by atoms with Gasteiger partial charge in [-0.25, -0.2) is 0 Å². The van der Waals surface area contributed by atoms with Crippen molar-refractivity contribution in [1.82, 2.24) is 9.88 Å². The number of amides is 1. The third kappa shape index (κ3) is 5.32. The maximum atomic E-state index is 13.5. The van der Waals surface area contributed by atoms with Gasteiger partial charge in [-0.1, -0.05) is 36.4 Å². The molecule has 0 fully saturated rings. The standard InChI is InChI=1S/C27H21F3N2O5/c1-16-21(17-7-4-3-5-8-17)13-22(25(34)31-14-20-12-23(33)24(36-2)15-37-20)26(35)32(16)19-10-6-9-18(11-19)27(28,29)30/h3-13,15H,14H2,1-2H3,(H,31,34). The Bertz CT molecular complexity index is 1570. The molecule has 1 amide bonds. The lowest BCUT2D eigenvalue weighted by Crippen LogP contribution is -2.33. The van der Waals surface area contributed by atoms with E-state index in [1.54, 1.807) is 37.3 Å². The summed E-state index contributed by atoms with van der Waals surface area (Å²) in [4.78, 5) is 38.5. The van der Waals surface area contributed by atoms with Crippen molar-refractivity contribution < 1.29 is 27.1 Å². The summed E-state index contributed by atoms with van der Waals surface area (Å²) in [5.41, 5.74) is -1.01. The Morgan fingerprint density at radius 1 is 1.03 bits per heavy atom. The van der Waals surface area contributed by atoms with Crippen molar-refractivity contribution in [2.75, 3.05) is 7.11 Å². The maximum Gasteiger partial charge on any atom is 0.416 e. The van der Waals surface area contributed by atoms with Gasteiger partial charge >= 0.3 is 6.18 Å². The van der Waals surface area contributed by atoms with Gasteiger partial charge in [0.1, 0.15) is 17.6 Å². The van der Waals surface area contributed by atoms with Crippen molar-refractivity contribution in [3.05, 3.63) is 116 Å². The number of methoxy groups -OCH3 is 1. The highest BCUT2D eigenvalue weighted by Crippen LogP contribution is 2.31. The number of alkyl halides is 3. The van der Waals surface area contributed by atoms with Gasteiger partial charge in [0.2, 0.25) is 11.2 Å². The summed E-state index contributed by atoms with van der Waals surface area (Å²) in [6.07, 6.45) is -3.52. The van der Waals surface area contributed by atoms with Crippen LogP contribution in [0, 0.1) is 6.92 Å². The molecule has 7 nitrogen and oxygen atoms in total. The minimum Gasteiger partial charge on any atom is -0.490 e. The molecule has 37 heavy (non-hydrogen) atoms. The van der Waals surface area contributed by atoms with E-state index in [1.165, 1.54) is 25.3 Å². The van der Waals surface area contributed by atoms with E-state index < -0.39 is 28.6 Å². The Labute approximate surface area is 208 Å². The van der Waals surface area contributed by atoms with Gasteiger partial charge < -0.3 is 14.5 Å². The number of hydrogen-bond acceptors (Lipinski definition) is 5. The van der Waals surface area contributed by atoms with Crippen LogP contribution < -0.4 is 21.0 Å². The van der Waals surface area contributed by atoms with Gasteiger partial charge in [0, 0.05) is 23.0 Å². The molecule has 0 aliphatic carbocycles. The Kier molecular flexibility index (Phi) is 7.01. The van der Waals surface area contributed by atoms with Gasteiger partial charge in [-0.3, -0.25) is 19.0 Å². The van der Waals surface area contributed by atoms with Crippen LogP contribution in [0.5, 0.6) is 5.75 Å². The zero-order chi connectivity index (χ0) is 26.7. The second kappa shape index (κ2) is 10.2. The molecule has 0 aliphatic rings. The number of ether oxygens (including phenoxy) is 1. The quantitative estimate of drug-likeness (QED) is 0.405. The van der Waals surface area contributed by atoms with Crippen LogP contribution in [0.25, 0.3) is 16.8 Å². The normalized spacial score (nSPS) is 11.3. The van der Waals surface area contributed by atoms with Crippen LogP contribution in [0.4, 0.5) is 13.2 Å². The molecule has 0 saturated heterocycles. The highest BCUT2D eigenvalue weighted by Gasteiger charge is 2.31. The van der Waals surface area contributed by atoms with E-state index in [2.05, 4.69) is 5.32 Å². The molecule has 0 radical (unpaired) electrons. The molecule has 0 bridgehead atoms. The summed E-state index contributed by atoms with van der Waals surface area (Å²) in [6.45, 7) is 1.38. The molecule has 0 atom stereocenters. The smallest absolute Gasteiger partial charge is 0.416 e. The van der Waals surface area contributed by atoms with Crippen molar-refractivity contribution in [2.45, 2.75) is 19.6 Å².